The van der Waals surface area contributed by atoms with Crippen molar-refractivity contribution in [3.8, 4) is 5.75 Å². The summed E-state index contributed by atoms with van der Waals surface area (Å²) in [6, 6.07) is 12.2. The van der Waals surface area contributed by atoms with Crippen molar-refractivity contribution in [3.05, 3.63) is 116 Å². The van der Waals surface area contributed by atoms with Gasteiger partial charge in [-0.2, -0.15) is 13.2 Å². The van der Waals surface area contributed by atoms with Gasteiger partial charge in [0.05, 0.1) is 11.3 Å². The number of ether oxygens (including phenoxy) is 1. The Labute approximate surface area is 218 Å². The number of alkyl halides is 3. The fraction of sp³-hybridized carbons (Fsp3) is 0.179. The third kappa shape index (κ3) is 4.29. The summed E-state index contributed by atoms with van der Waals surface area (Å²) in [7, 11) is 0. The van der Waals surface area contributed by atoms with Crippen molar-refractivity contribution >= 4 is 16.8 Å². The Morgan fingerprint density at radius 2 is 1.92 bits per heavy atom. The van der Waals surface area contributed by atoms with Gasteiger partial charge in [0.2, 0.25) is 0 Å². The number of nitrogens with zero attached hydrogens (tertiary/aromatic N) is 3. The van der Waals surface area contributed by atoms with Crippen LogP contribution >= 0.6 is 0 Å². The first-order chi connectivity index (χ1) is 18.6. The molecule has 0 saturated carbocycles. The molecule has 39 heavy (non-hydrogen) atoms. The predicted molar refractivity (Wildman–Crippen MR) is 134 cm³/mol. The average Bonchev–Trinajstić information content (AvgIpc) is 3.41. The van der Waals surface area contributed by atoms with E-state index in [1.54, 1.807) is 26.1 Å². The third-order valence-electron chi connectivity index (χ3n) is 6.83. The predicted octanol–water partition coefficient (Wildman–Crippen LogP) is 5.94. The molecule has 1 aliphatic heterocycles. The van der Waals surface area contributed by atoms with Crippen molar-refractivity contribution in [2.75, 3.05) is 0 Å². The lowest BCUT2D eigenvalue weighted by atomic mass is 9.89. The molecular formula is C28H20F4N4O3. The molecule has 7 nitrogen and oxygen atoms in total. The highest BCUT2D eigenvalue weighted by Crippen LogP contribution is 2.41. The minimum atomic E-state index is -4.53. The third-order valence-corrected chi connectivity index (χ3v) is 6.83. The van der Waals surface area contributed by atoms with E-state index < -0.39 is 23.3 Å². The summed E-state index contributed by atoms with van der Waals surface area (Å²) < 4.78 is 66.9. The molecule has 0 saturated heterocycles. The number of halogens is 4. The van der Waals surface area contributed by atoms with E-state index in [1.807, 2.05) is 18.2 Å². The summed E-state index contributed by atoms with van der Waals surface area (Å²) in [6.45, 7) is 3.57. The van der Waals surface area contributed by atoms with E-state index >= 15 is 0 Å². The molecule has 0 radical (unpaired) electrons. The number of imidazole rings is 1. The average molecular weight is 536 g/mol. The SMILES string of the molecule is C/C(=C1/c2ccc(Cc3c(C)nc4c(C(F)(F)F)cccn34)cc2COc2cc(F)ccc21)c1noc(=O)[nH]1. The van der Waals surface area contributed by atoms with Crippen LogP contribution in [-0.2, 0) is 19.2 Å². The van der Waals surface area contributed by atoms with Gasteiger partial charge in [-0.1, -0.05) is 23.4 Å². The second-order valence-corrected chi connectivity index (χ2v) is 9.30. The highest BCUT2D eigenvalue weighted by molar-refractivity contribution is 5.99. The number of aromatic amines is 1. The fourth-order valence-corrected chi connectivity index (χ4v) is 5.01. The molecule has 0 unspecified atom stereocenters. The maximum absolute atomic E-state index is 14.1. The zero-order chi connectivity index (χ0) is 27.5. The summed E-state index contributed by atoms with van der Waals surface area (Å²) in [6.07, 6.45) is -2.64. The van der Waals surface area contributed by atoms with Crippen LogP contribution in [0.1, 0.15) is 52.0 Å². The van der Waals surface area contributed by atoms with Crippen LogP contribution in [0, 0.1) is 12.7 Å². The van der Waals surface area contributed by atoms with Gasteiger partial charge in [0, 0.05) is 35.5 Å². The smallest absolute Gasteiger partial charge is 0.439 e. The first-order valence-corrected chi connectivity index (χ1v) is 12.0. The van der Waals surface area contributed by atoms with Crippen LogP contribution < -0.4 is 10.5 Å². The highest BCUT2D eigenvalue weighted by atomic mass is 19.4. The minimum Gasteiger partial charge on any atom is -0.488 e. The maximum Gasteiger partial charge on any atom is 0.439 e. The zero-order valence-electron chi connectivity index (χ0n) is 20.7. The molecule has 1 N–H and O–H groups in total. The number of benzene rings is 2. The second kappa shape index (κ2) is 8.97. The van der Waals surface area contributed by atoms with Crippen molar-refractivity contribution < 1.29 is 26.8 Å². The van der Waals surface area contributed by atoms with E-state index in [2.05, 4.69) is 15.1 Å². The molecule has 0 bridgehead atoms. The van der Waals surface area contributed by atoms with E-state index in [4.69, 9.17) is 9.26 Å². The maximum atomic E-state index is 14.1. The van der Waals surface area contributed by atoms with Gasteiger partial charge < -0.3 is 9.14 Å². The largest absolute Gasteiger partial charge is 0.488 e. The van der Waals surface area contributed by atoms with Crippen LogP contribution in [0.2, 0.25) is 0 Å². The zero-order valence-corrected chi connectivity index (χ0v) is 20.7. The molecule has 0 spiro atoms. The molecule has 1 aliphatic rings. The summed E-state index contributed by atoms with van der Waals surface area (Å²) in [5, 5.41) is 3.81. The van der Waals surface area contributed by atoms with Gasteiger partial charge in [-0.3, -0.25) is 9.51 Å². The van der Waals surface area contributed by atoms with Gasteiger partial charge in [-0.25, -0.2) is 14.2 Å². The number of hydrogen-bond acceptors (Lipinski definition) is 5. The van der Waals surface area contributed by atoms with E-state index in [-0.39, 0.29) is 18.1 Å². The topological polar surface area (TPSA) is 85.4 Å². The lowest BCUT2D eigenvalue weighted by Gasteiger charge is -2.14. The summed E-state index contributed by atoms with van der Waals surface area (Å²) in [5.74, 6) is -0.621. The summed E-state index contributed by atoms with van der Waals surface area (Å²) >= 11 is 0. The van der Waals surface area contributed by atoms with Crippen molar-refractivity contribution in [1.29, 1.82) is 0 Å². The van der Waals surface area contributed by atoms with Gasteiger partial charge in [-0.15, -0.1) is 0 Å². The molecule has 0 atom stereocenters. The standard InChI is InChI=1S/C28H20F4N4O3/c1-14(25-34-27(37)39-35-25)24-19-7-5-16(10-17(19)13-38-23-12-18(29)6-8-20(23)24)11-22-15(2)33-26-21(28(30,31)32)4-3-9-36(22)26/h3-10,12H,11,13H2,1-2H3,(H,34,35,37)/b24-14+. The second-order valence-electron chi connectivity index (χ2n) is 9.30. The minimum absolute atomic E-state index is 0.121. The molecule has 11 heteroatoms. The van der Waals surface area contributed by atoms with Crippen LogP contribution in [0.25, 0.3) is 16.8 Å². The van der Waals surface area contributed by atoms with Gasteiger partial charge in [-0.05, 0) is 60.4 Å². The van der Waals surface area contributed by atoms with Crippen LogP contribution in [0.15, 0.2) is 64.0 Å². The van der Waals surface area contributed by atoms with Gasteiger partial charge in [0.15, 0.2) is 5.82 Å². The Morgan fingerprint density at radius 3 is 2.67 bits per heavy atom. The molecule has 0 fully saturated rings. The van der Waals surface area contributed by atoms with Crippen molar-refractivity contribution in [3.63, 3.8) is 0 Å². The first kappa shape index (κ1) is 24.7. The molecular weight excluding hydrogens is 516 g/mol. The number of aryl methyl sites for hydroxylation is 1. The highest BCUT2D eigenvalue weighted by Gasteiger charge is 2.34. The number of H-pyrrole nitrogens is 1. The normalized spacial score (nSPS) is 14.5. The van der Waals surface area contributed by atoms with Crippen LogP contribution in [0.3, 0.4) is 0 Å². The van der Waals surface area contributed by atoms with Crippen molar-refractivity contribution in [2.24, 2.45) is 0 Å². The Kier molecular flexibility index (Phi) is 5.67. The number of nitrogens with one attached hydrogen (secondary N) is 1. The van der Waals surface area contributed by atoms with E-state index in [0.717, 1.165) is 22.8 Å². The fourth-order valence-electron chi connectivity index (χ4n) is 5.01. The van der Waals surface area contributed by atoms with E-state index in [0.29, 0.717) is 40.3 Å². The van der Waals surface area contributed by atoms with Crippen molar-refractivity contribution in [2.45, 2.75) is 33.1 Å². The molecule has 198 valence electrons. The Balaban J connectivity index is 1.47. The molecule has 3 aromatic heterocycles. The lowest BCUT2D eigenvalue weighted by molar-refractivity contribution is -0.136. The van der Waals surface area contributed by atoms with Crippen LogP contribution in [-0.4, -0.2) is 19.5 Å². The Hall–Kier alpha value is -4.67. The summed E-state index contributed by atoms with van der Waals surface area (Å²) in [4.78, 5) is 18.4. The van der Waals surface area contributed by atoms with Crippen molar-refractivity contribution in [1.82, 2.24) is 19.5 Å². The molecule has 6 rings (SSSR count). The molecule has 4 heterocycles. The lowest BCUT2D eigenvalue weighted by Crippen LogP contribution is -2.08. The van der Waals surface area contributed by atoms with Gasteiger partial charge >= 0.3 is 11.9 Å². The Morgan fingerprint density at radius 1 is 1.13 bits per heavy atom. The number of aromatic nitrogens is 4. The number of rotatable bonds is 3. The molecule has 2 aromatic carbocycles. The van der Waals surface area contributed by atoms with E-state index in [1.165, 1.54) is 22.6 Å². The summed E-state index contributed by atoms with van der Waals surface area (Å²) in [5.41, 5.74) is 4.43. The number of pyridine rings is 1. The molecule has 5 aromatic rings. The number of hydrogen-bond donors (Lipinski definition) is 1. The van der Waals surface area contributed by atoms with Crippen LogP contribution in [0.5, 0.6) is 5.75 Å². The number of allylic oxidation sites excluding steroid dienone is 1. The molecule has 0 aliphatic carbocycles. The monoisotopic (exact) mass is 536 g/mol. The van der Waals surface area contributed by atoms with E-state index in [9.17, 15) is 22.4 Å². The number of fused-ring (bicyclic) bond motifs is 3. The van der Waals surface area contributed by atoms with Gasteiger partial charge in [0.1, 0.15) is 23.8 Å². The first-order valence-electron chi connectivity index (χ1n) is 12.0. The quantitative estimate of drug-likeness (QED) is 0.289. The van der Waals surface area contributed by atoms with Crippen LogP contribution in [0.4, 0.5) is 17.6 Å². The Bertz CT molecular complexity index is 1850. The molecule has 0 amide bonds. The van der Waals surface area contributed by atoms with Gasteiger partial charge in [0.25, 0.3) is 0 Å².